The summed E-state index contributed by atoms with van der Waals surface area (Å²) in [6.07, 6.45) is 3.18. The molecule has 0 saturated carbocycles. The molecule has 0 unspecified atom stereocenters. The minimum absolute atomic E-state index is 0.406. The van der Waals surface area contributed by atoms with Crippen molar-refractivity contribution in [3.8, 4) is 0 Å². The molecule has 0 rings (SSSR count). The number of carboxylic acids is 1. The number of aliphatic hydroxyl groups is 1. The fourth-order valence-electron chi connectivity index (χ4n) is 1.01. The SMILES string of the molecule is C=CCN(CC=C)[C@@H](CO)C(=O)O. The predicted octanol–water partition coefficient (Wildman–Crippen LogP) is 0.106. The Bertz CT molecular complexity index is 181. The van der Waals surface area contributed by atoms with Gasteiger partial charge in [0, 0.05) is 13.1 Å². The molecule has 2 N–H and O–H groups in total. The molecule has 0 amide bonds. The summed E-state index contributed by atoms with van der Waals surface area (Å²) in [5.74, 6) is -1.04. The van der Waals surface area contributed by atoms with Gasteiger partial charge in [-0.25, -0.2) is 0 Å². The van der Waals surface area contributed by atoms with Gasteiger partial charge in [0.15, 0.2) is 0 Å². The maximum Gasteiger partial charge on any atom is 0.323 e. The monoisotopic (exact) mass is 185 g/mol. The summed E-state index contributed by atoms with van der Waals surface area (Å²) < 4.78 is 0. The summed E-state index contributed by atoms with van der Waals surface area (Å²) in [7, 11) is 0. The van der Waals surface area contributed by atoms with Gasteiger partial charge in [-0.2, -0.15) is 0 Å². The lowest BCUT2D eigenvalue weighted by molar-refractivity contribution is -0.144. The molecule has 1 atom stereocenters. The van der Waals surface area contributed by atoms with E-state index in [9.17, 15) is 4.79 Å². The minimum Gasteiger partial charge on any atom is -0.480 e. The summed E-state index contributed by atoms with van der Waals surface area (Å²) in [6.45, 7) is 7.45. The van der Waals surface area contributed by atoms with E-state index in [-0.39, 0.29) is 0 Å². The number of carbonyl (C=O) groups is 1. The summed E-state index contributed by atoms with van der Waals surface area (Å²) in [6, 6.07) is -0.879. The van der Waals surface area contributed by atoms with Crippen LogP contribution in [0, 0.1) is 0 Å². The number of carboxylic acid groups (broad SMARTS) is 1. The van der Waals surface area contributed by atoms with E-state index in [1.165, 1.54) is 0 Å². The van der Waals surface area contributed by atoms with E-state index < -0.39 is 18.6 Å². The second-order valence-corrected chi connectivity index (χ2v) is 2.57. The molecule has 0 fully saturated rings. The van der Waals surface area contributed by atoms with E-state index in [1.807, 2.05) is 0 Å². The molecule has 0 aliphatic carbocycles. The van der Waals surface area contributed by atoms with Gasteiger partial charge in [0.1, 0.15) is 6.04 Å². The lowest BCUT2D eigenvalue weighted by Gasteiger charge is -2.24. The topological polar surface area (TPSA) is 60.8 Å². The van der Waals surface area contributed by atoms with Crippen LogP contribution in [0.3, 0.4) is 0 Å². The molecule has 0 aliphatic heterocycles. The Morgan fingerprint density at radius 2 is 1.85 bits per heavy atom. The van der Waals surface area contributed by atoms with Crippen LogP contribution >= 0.6 is 0 Å². The summed E-state index contributed by atoms with van der Waals surface area (Å²) >= 11 is 0. The van der Waals surface area contributed by atoms with Crippen molar-refractivity contribution < 1.29 is 15.0 Å². The number of nitrogens with zero attached hydrogens (tertiary/aromatic N) is 1. The van der Waals surface area contributed by atoms with Gasteiger partial charge in [-0.3, -0.25) is 9.69 Å². The van der Waals surface area contributed by atoms with Crippen molar-refractivity contribution in [3.05, 3.63) is 25.3 Å². The van der Waals surface area contributed by atoms with E-state index in [4.69, 9.17) is 10.2 Å². The first kappa shape index (κ1) is 11.9. The molecule has 4 nitrogen and oxygen atoms in total. The normalized spacial score (nSPS) is 12.5. The van der Waals surface area contributed by atoms with Gasteiger partial charge in [0.25, 0.3) is 0 Å². The van der Waals surface area contributed by atoms with E-state index >= 15 is 0 Å². The third kappa shape index (κ3) is 3.87. The highest BCUT2D eigenvalue weighted by Crippen LogP contribution is 1.99. The van der Waals surface area contributed by atoms with Crippen LogP contribution < -0.4 is 0 Å². The van der Waals surface area contributed by atoms with Crippen LogP contribution in [0.1, 0.15) is 0 Å². The molecular formula is C9H15NO3. The highest BCUT2D eigenvalue weighted by molar-refractivity contribution is 5.73. The molecule has 0 aromatic heterocycles. The Morgan fingerprint density at radius 3 is 2.08 bits per heavy atom. The molecule has 4 heteroatoms. The Morgan fingerprint density at radius 1 is 1.38 bits per heavy atom. The Balaban J connectivity index is 4.36. The van der Waals surface area contributed by atoms with E-state index in [0.717, 1.165) is 0 Å². The first-order valence-electron chi connectivity index (χ1n) is 3.96. The van der Waals surface area contributed by atoms with E-state index in [2.05, 4.69) is 13.2 Å². The molecule has 0 saturated heterocycles. The number of aliphatic hydroxyl groups excluding tert-OH is 1. The molecule has 0 heterocycles. The quantitative estimate of drug-likeness (QED) is 0.552. The van der Waals surface area contributed by atoms with E-state index in [1.54, 1.807) is 17.1 Å². The maximum absolute atomic E-state index is 10.7. The molecule has 0 aliphatic rings. The lowest BCUT2D eigenvalue weighted by atomic mass is 10.2. The van der Waals surface area contributed by atoms with Crippen LogP contribution in [-0.2, 0) is 4.79 Å². The van der Waals surface area contributed by atoms with Crippen LogP contribution in [0.2, 0.25) is 0 Å². The molecular weight excluding hydrogens is 170 g/mol. The zero-order valence-corrected chi connectivity index (χ0v) is 7.52. The molecule has 0 radical (unpaired) electrons. The molecule has 0 aromatic rings. The summed E-state index contributed by atoms with van der Waals surface area (Å²) in [5, 5.41) is 17.6. The standard InChI is InChI=1S/C9H15NO3/c1-3-5-10(6-4-2)8(7-11)9(12)13/h3-4,8,11H,1-2,5-7H2,(H,12,13)/t8-/m0/s1. The van der Waals surface area contributed by atoms with Gasteiger partial charge < -0.3 is 10.2 Å². The van der Waals surface area contributed by atoms with Gasteiger partial charge in [-0.05, 0) is 0 Å². The first-order valence-corrected chi connectivity index (χ1v) is 3.96. The van der Waals surface area contributed by atoms with Crippen molar-refractivity contribution in [2.24, 2.45) is 0 Å². The van der Waals surface area contributed by atoms with Crippen molar-refractivity contribution in [3.63, 3.8) is 0 Å². The molecule has 74 valence electrons. The number of hydrogen-bond acceptors (Lipinski definition) is 3. The van der Waals surface area contributed by atoms with Crippen molar-refractivity contribution in [1.82, 2.24) is 4.90 Å². The Kier molecular flexibility index (Phi) is 5.84. The third-order valence-corrected chi connectivity index (χ3v) is 1.63. The zero-order chi connectivity index (χ0) is 10.3. The average Bonchev–Trinajstić information content (AvgIpc) is 2.05. The summed E-state index contributed by atoms with van der Waals surface area (Å²) in [5.41, 5.74) is 0. The van der Waals surface area contributed by atoms with Crippen LogP contribution in [0.15, 0.2) is 25.3 Å². The van der Waals surface area contributed by atoms with Crippen molar-refractivity contribution in [2.45, 2.75) is 6.04 Å². The van der Waals surface area contributed by atoms with Crippen LogP contribution in [0.5, 0.6) is 0 Å². The molecule has 0 spiro atoms. The largest absolute Gasteiger partial charge is 0.480 e. The zero-order valence-electron chi connectivity index (χ0n) is 7.52. The second kappa shape index (κ2) is 6.39. The maximum atomic E-state index is 10.7. The Labute approximate surface area is 77.8 Å². The van der Waals surface area contributed by atoms with E-state index in [0.29, 0.717) is 13.1 Å². The predicted molar refractivity (Wildman–Crippen MR) is 50.5 cm³/mol. The summed E-state index contributed by atoms with van der Waals surface area (Å²) in [4.78, 5) is 12.2. The van der Waals surface area contributed by atoms with Crippen LogP contribution in [0.4, 0.5) is 0 Å². The van der Waals surface area contributed by atoms with Crippen molar-refractivity contribution in [2.75, 3.05) is 19.7 Å². The molecule has 0 bridgehead atoms. The lowest BCUT2D eigenvalue weighted by Crippen LogP contribution is -2.43. The van der Waals surface area contributed by atoms with Gasteiger partial charge in [-0.1, -0.05) is 12.2 Å². The molecule has 13 heavy (non-hydrogen) atoms. The number of hydrogen-bond donors (Lipinski definition) is 2. The van der Waals surface area contributed by atoms with Gasteiger partial charge in [0.05, 0.1) is 6.61 Å². The smallest absolute Gasteiger partial charge is 0.323 e. The van der Waals surface area contributed by atoms with Crippen molar-refractivity contribution in [1.29, 1.82) is 0 Å². The van der Waals surface area contributed by atoms with Gasteiger partial charge in [-0.15, -0.1) is 13.2 Å². The highest BCUT2D eigenvalue weighted by atomic mass is 16.4. The average molecular weight is 185 g/mol. The second-order valence-electron chi connectivity index (χ2n) is 2.57. The third-order valence-electron chi connectivity index (χ3n) is 1.63. The van der Waals surface area contributed by atoms with Gasteiger partial charge in [0.2, 0.25) is 0 Å². The fraction of sp³-hybridized carbons (Fsp3) is 0.444. The Hall–Kier alpha value is -1.13. The van der Waals surface area contributed by atoms with Crippen molar-refractivity contribution >= 4 is 5.97 Å². The highest BCUT2D eigenvalue weighted by Gasteiger charge is 2.22. The molecule has 0 aromatic carbocycles. The van der Waals surface area contributed by atoms with Gasteiger partial charge >= 0.3 is 5.97 Å². The van der Waals surface area contributed by atoms with Crippen LogP contribution in [-0.4, -0.2) is 46.8 Å². The number of aliphatic carboxylic acids is 1. The number of rotatable bonds is 7. The van der Waals surface area contributed by atoms with Crippen LogP contribution in [0.25, 0.3) is 0 Å². The first-order chi connectivity index (χ1) is 6.17. The minimum atomic E-state index is -1.04. The fourth-order valence-corrected chi connectivity index (χ4v) is 1.01.